The van der Waals surface area contributed by atoms with Crippen LogP contribution in [0.25, 0.3) is 17.1 Å². The van der Waals surface area contributed by atoms with Crippen molar-refractivity contribution in [3.8, 4) is 17.1 Å². The number of pyridine rings is 1. The fourth-order valence-electron chi connectivity index (χ4n) is 2.70. The molecule has 0 unspecified atom stereocenters. The van der Waals surface area contributed by atoms with Gasteiger partial charge in [0.15, 0.2) is 22.6 Å². The second-order valence-electron chi connectivity index (χ2n) is 5.86. The smallest absolute Gasteiger partial charge is 0.196 e. The Balaban J connectivity index is 1.75. The largest absolute Gasteiger partial charge is 0.270 e. The number of rotatable bonds is 5. The van der Waals surface area contributed by atoms with Crippen LogP contribution in [0.15, 0.2) is 72.1 Å². The maximum atomic E-state index is 14.0. The van der Waals surface area contributed by atoms with E-state index in [0.717, 1.165) is 17.3 Å². The molecule has 2 aromatic heterocycles. The Kier molecular flexibility index (Phi) is 5.36. The van der Waals surface area contributed by atoms with Gasteiger partial charge in [0.2, 0.25) is 0 Å². The third kappa shape index (κ3) is 3.76. The number of hydrogen-bond donors (Lipinski definition) is 0. The van der Waals surface area contributed by atoms with E-state index in [2.05, 4.69) is 15.2 Å². The number of halogens is 3. The van der Waals surface area contributed by atoms with Gasteiger partial charge in [0, 0.05) is 34.3 Å². The van der Waals surface area contributed by atoms with Crippen LogP contribution < -0.4 is 0 Å². The molecular formula is C20H13ClF2N4S. The lowest BCUT2D eigenvalue weighted by Crippen LogP contribution is -2.00. The molecule has 8 heteroatoms. The van der Waals surface area contributed by atoms with Gasteiger partial charge in [-0.15, -0.1) is 10.2 Å². The van der Waals surface area contributed by atoms with Crippen LogP contribution in [-0.2, 0) is 5.75 Å². The molecule has 0 amide bonds. The number of nitrogens with zero attached hydrogens (tertiary/aromatic N) is 4. The van der Waals surface area contributed by atoms with Gasteiger partial charge in [-0.3, -0.25) is 9.55 Å². The third-order valence-electron chi connectivity index (χ3n) is 4.01. The van der Waals surface area contributed by atoms with E-state index in [1.54, 1.807) is 36.7 Å². The Morgan fingerprint density at radius 2 is 1.86 bits per heavy atom. The van der Waals surface area contributed by atoms with E-state index in [4.69, 9.17) is 11.6 Å². The van der Waals surface area contributed by atoms with Crippen LogP contribution in [0.2, 0.25) is 5.02 Å². The molecule has 4 nitrogen and oxygen atoms in total. The lowest BCUT2D eigenvalue weighted by molar-refractivity contribution is 0.502. The van der Waals surface area contributed by atoms with Crippen molar-refractivity contribution >= 4 is 23.4 Å². The summed E-state index contributed by atoms with van der Waals surface area (Å²) in [5, 5.41) is 9.64. The van der Waals surface area contributed by atoms with E-state index in [0.29, 0.717) is 16.0 Å². The minimum Gasteiger partial charge on any atom is -0.270 e. The van der Waals surface area contributed by atoms with Gasteiger partial charge in [0.05, 0.1) is 5.69 Å². The monoisotopic (exact) mass is 414 g/mol. The molecule has 0 spiro atoms. The Labute approximate surface area is 169 Å². The van der Waals surface area contributed by atoms with E-state index in [1.807, 2.05) is 22.8 Å². The van der Waals surface area contributed by atoms with Gasteiger partial charge in [-0.25, -0.2) is 8.78 Å². The van der Waals surface area contributed by atoms with Crippen molar-refractivity contribution in [1.29, 1.82) is 0 Å². The molecule has 0 bridgehead atoms. The highest BCUT2D eigenvalue weighted by atomic mass is 35.5. The van der Waals surface area contributed by atoms with Crippen molar-refractivity contribution in [1.82, 2.24) is 19.7 Å². The summed E-state index contributed by atoms with van der Waals surface area (Å²) in [4.78, 5) is 4.13. The molecule has 0 N–H and O–H groups in total. The highest BCUT2D eigenvalue weighted by molar-refractivity contribution is 7.98. The zero-order valence-corrected chi connectivity index (χ0v) is 16.0. The predicted octanol–water partition coefficient (Wildman–Crippen LogP) is 5.55. The zero-order valence-electron chi connectivity index (χ0n) is 14.4. The summed E-state index contributed by atoms with van der Waals surface area (Å²) < 4.78 is 29.3. The first-order chi connectivity index (χ1) is 13.6. The standard InChI is InChI=1S/C20H13ClF2N4S/c21-15-6-2-7-16(10-15)27-19(13-5-3-9-24-11-13)25-26-20(27)28-12-14-4-1-8-17(22)18(14)23/h1-11H,12H2. The molecule has 4 rings (SSSR count). The molecular weight excluding hydrogens is 402 g/mol. The van der Waals surface area contributed by atoms with Gasteiger partial charge in [0.1, 0.15) is 0 Å². The molecule has 2 aromatic carbocycles. The lowest BCUT2D eigenvalue weighted by atomic mass is 10.2. The molecule has 0 radical (unpaired) electrons. The highest BCUT2D eigenvalue weighted by Gasteiger charge is 2.18. The van der Waals surface area contributed by atoms with E-state index in [1.165, 1.54) is 17.8 Å². The maximum absolute atomic E-state index is 14.0. The van der Waals surface area contributed by atoms with Crippen molar-refractivity contribution in [2.75, 3.05) is 0 Å². The zero-order chi connectivity index (χ0) is 19.5. The highest BCUT2D eigenvalue weighted by Crippen LogP contribution is 2.31. The summed E-state index contributed by atoms with van der Waals surface area (Å²) in [6.07, 6.45) is 3.36. The fourth-order valence-corrected chi connectivity index (χ4v) is 3.81. The molecule has 0 saturated carbocycles. The summed E-state index contributed by atoms with van der Waals surface area (Å²) in [6, 6.07) is 15.1. The quantitative estimate of drug-likeness (QED) is 0.401. The van der Waals surface area contributed by atoms with Gasteiger partial charge in [-0.05, 0) is 36.4 Å². The van der Waals surface area contributed by atoms with Gasteiger partial charge in [0.25, 0.3) is 0 Å². The average molecular weight is 415 g/mol. The van der Waals surface area contributed by atoms with Crippen LogP contribution in [-0.4, -0.2) is 19.7 Å². The van der Waals surface area contributed by atoms with Crippen molar-refractivity contribution in [2.45, 2.75) is 10.9 Å². The number of thioether (sulfide) groups is 1. The van der Waals surface area contributed by atoms with E-state index < -0.39 is 11.6 Å². The van der Waals surface area contributed by atoms with Crippen molar-refractivity contribution in [2.24, 2.45) is 0 Å². The Morgan fingerprint density at radius 1 is 1.00 bits per heavy atom. The molecule has 0 aliphatic heterocycles. The van der Waals surface area contributed by atoms with Crippen LogP contribution >= 0.6 is 23.4 Å². The second kappa shape index (κ2) is 8.08. The topological polar surface area (TPSA) is 43.6 Å². The summed E-state index contributed by atoms with van der Waals surface area (Å²) in [5.41, 5.74) is 1.80. The molecule has 0 fully saturated rings. The third-order valence-corrected chi connectivity index (χ3v) is 5.22. The molecule has 0 aliphatic rings. The molecule has 0 atom stereocenters. The van der Waals surface area contributed by atoms with Crippen molar-refractivity contribution < 1.29 is 8.78 Å². The predicted molar refractivity (Wildman–Crippen MR) is 106 cm³/mol. The molecule has 0 saturated heterocycles. The first kappa shape index (κ1) is 18.6. The summed E-state index contributed by atoms with van der Waals surface area (Å²) in [5.74, 6) is -0.936. The minimum absolute atomic E-state index is 0.204. The van der Waals surface area contributed by atoms with Gasteiger partial charge in [-0.1, -0.05) is 41.6 Å². The summed E-state index contributed by atoms with van der Waals surface area (Å²) in [7, 11) is 0. The van der Waals surface area contributed by atoms with Gasteiger partial charge >= 0.3 is 0 Å². The average Bonchev–Trinajstić information content (AvgIpc) is 3.14. The van der Waals surface area contributed by atoms with Gasteiger partial charge < -0.3 is 0 Å². The first-order valence-electron chi connectivity index (χ1n) is 8.31. The van der Waals surface area contributed by atoms with Crippen LogP contribution in [0.4, 0.5) is 8.78 Å². The second-order valence-corrected chi connectivity index (χ2v) is 7.24. The Bertz CT molecular complexity index is 1120. The SMILES string of the molecule is Fc1cccc(CSc2nnc(-c3cccnc3)n2-c2cccc(Cl)c2)c1F. The van der Waals surface area contributed by atoms with Crippen molar-refractivity contribution in [3.05, 3.63) is 89.2 Å². The number of aromatic nitrogens is 4. The van der Waals surface area contributed by atoms with Crippen LogP contribution in [0.5, 0.6) is 0 Å². The van der Waals surface area contributed by atoms with Crippen LogP contribution in [0.3, 0.4) is 0 Å². The normalized spacial score (nSPS) is 11.0. The molecule has 140 valence electrons. The Hall–Kier alpha value is -2.77. The Morgan fingerprint density at radius 3 is 2.64 bits per heavy atom. The van der Waals surface area contributed by atoms with E-state index in [-0.39, 0.29) is 11.3 Å². The summed E-state index contributed by atoms with van der Waals surface area (Å²) in [6.45, 7) is 0. The van der Waals surface area contributed by atoms with Crippen molar-refractivity contribution in [3.63, 3.8) is 0 Å². The molecule has 2 heterocycles. The van der Waals surface area contributed by atoms with Gasteiger partial charge in [-0.2, -0.15) is 0 Å². The first-order valence-corrected chi connectivity index (χ1v) is 9.67. The fraction of sp³-hybridized carbons (Fsp3) is 0.0500. The number of hydrogen-bond acceptors (Lipinski definition) is 4. The van der Waals surface area contributed by atoms with E-state index in [9.17, 15) is 8.78 Å². The van der Waals surface area contributed by atoms with Crippen LogP contribution in [0.1, 0.15) is 5.56 Å². The molecule has 28 heavy (non-hydrogen) atoms. The summed E-state index contributed by atoms with van der Waals surface area (Å²) >= 11 is 7.42. The van der Waals surface area contributed by atoms with Crippen LogP contribution in [0, 0.1) is 11.6 Å². The maximum Gasteiger partial charge on any atom is 0.196 e. The minimum atomic E-state index is -0.870. The molecule has 4 aromatic rings. The molecule has 0 aliphatic carbocycles. The van der Waals surface area contributed by atoms with E-state index >= 15 is 0 Å². The lowest BCUT2D eigenvalue weighted by Gasteiger charge is -2.11. The number of benzene rings is 2.